The van der Waals surface area contributed by atoms with Gasteiger partial charge in [-0.1, -0.05) is 11.6 Å². The number of rotatable bonds is 4. The van der Waals surface area contributed by atoms with Crippen molar-refractivity contribution >= 4 is 28.7 Å². The lowest BCUT2D eigenvalue weighted by molar-refractivity contribution is 0.0995. The maximum atomic E-state index is 13.5. The molecule has 1 aromatic heterocycles. The van der Waals surface area contributed by atoms with Crippen molar-refractivity contribution in [2.24, 2.45) is 0 Å². The molecular weight excluding hydrogens is 275 g/mol. The Kier molecular flexibility index (Phi) is 3.99. The average Bonchev–Trinajstić information content (AvgIpc) is 2.82. The van der Waals surface area contributed by atoms with Gasteiger partial charge >= 0.3 is 0 Å². The van der Waals surface area contributed by atoms with Gasteiger partial charge in [0, 0.05) is 22.9 Å². The van der Waals surface area contributed by atoms with Crippen molar-refractivity contribution in [3.63, 3.8) is 0 Å². The minimum absolute atomic E-state index is 0.00391. The van der Waals surface area contributed by atoms with Gasteiger partial charge in [-0.25, -0.2) is 4.39 Å². The number of halogens is 2. The highest BCUT2D eigenvalue weighted by molar-refractivity contribution is 7.12. The Balaban J connectivity index is 2.18. The number of Topliss-reactive ketones (excluding diaryl/α,β-unsaturated/α-hetero) is 1. The number of methoxy groups -OCH3 is 1. The number of benzene rings is 1. The fourth-order valence-electron chi connectivity index (χ4n) is 1.51. The molecule has 0 saturated carbocycles. The number of hydrogen-bond acceptors (Lipinski definition) is 3. The smallest absolute Gasteiger partial charge is 0.177 e. The lowest BCUT2D eigenvalue weighted by Crippen LogP contribution is -2.03. The molecule has 0 bridgehead atoms. The second-order valence-corrected chi connectivity index (χ2v) is 5.03. The Morgan fingerprint density at radius 3 is 2.89 bits per heavy atom. The van der Waals surface area contributed by atoms with Crippen LogP contribution in [0.25, 0.3) is 0 Å². The van der Waals surface area contributed by atoms with Crippen LogP contribution in [0.3, 0.4) is 0 Å². The first-order chi connectivity index (χ1) is 8.60. The summed E-state index contributed by atoms with van der Waals surface area (Å²) in [5.74, 6) is 0.0654. The first-order valence-electron chi connectivity index (χ1n) is 5.20. The van der Waals surface area contributed by atoms with Crippen LogP contribution in [0.2, 0.25) is 5.02 Å². The second kappa shape index (κ2) is 5.50. The normalized spacial score (nSPS) is 10.4. The molecule has 1 heterocycles. The largest absolute Gasteiger partial charge is 0.496 e. The Bertz CT molecular complexity index is 580. The molecule has 0 N–H and O–H groups in total. The quantitative estimate of drug-likeness (QED) is 0.794. The maximum absolute atomic E-state index is 13.5. The number of carbonyl (C=O) groups excluding carboxylic acids is 1. The molecule has 2 rings (SSSR count). The van der Waals surface area contributed by atoms with E-state index >= 15 is 0 Å². The van der Waals surface area contributed by atoms with Crippen LogP contribution in [0.1, 0.15) is 15.2 Å². The minimum Gasteiger partial charge on any atom is -0.496 e. The Morgan fingerprint density at radius 1 is 1.44 bits per heavy atom. The monoisotopic (exact) mass is 284 g/mol. The van der Waals surface area contributed by atoms with Gasteiger partial charge in [0.05, 0.1) is 12.0 Å². The summed E-state index contributed by atoms with van der Waals surface area (Å²) in [5, 5.41) is 2.16. The van der Waals surface area contributed by atoms with E-state index in [0.717, 1.165) is 0 Å². The topological polar surface area (TPSA) is 26.3 Å². The van der Waals surface area contributed by atoms with Crippen molar-refractivity contribution in [3.8, 4) is 5.75 Å². The zero-order valence-electron chi connectivity index (χ0n) is 9.57. The van der Waals surface area contributed by atoms with Crippen molar-refractivity contribution in [3.05, 3.63) is 50.9 Å². The molecule has 0 spiro atoms. The van der Waals surface area contributed by atoms with Crippen molar-refractivity contribution in [1.29, 1.82) is 0 Å². The molecular formula is C13H10ClFO2S. The van der Waals surface area contributed by atoms with Crippen molar-refractivity contribution in [2.75, 3.05) is 7.11 Å². The van der Waals surface area contributed by atoms with Crippen LogP contribution >= 0.6 is 22.9 Å². The summed E-state index contributed by atoms with van der Waals surface area (Å²) >= 11 is 7.06. The van der Waals surface area contributed by atoms with Gasteiger partial charge < -0.3 is 4.74 Å². The number of hydrogen-bond donors (Lipinski definition) is 0. The van der Waals surface area contributed by atoms with E-state index in [-0.39, 0.29) is 12.2 Å². The van der Waals surface area contributed by atoms with Crippen molar-refractivity contribution in [1.82, 2.24) is 0 Å². The van der Waals surface area contributed by atoms with Gasteiger partial charge in [0.15, 0.2) is 5.78 Å². The molecule has 0 atom stereocenters. The van der Waals surface area contributed by atoms with E-state index in [1.165, 1.54) is 36.6 Å². The number of ketones is 1. The lowest BCUT2D eigenvalue weighted by Gasteiger charge is -2.02. The molecule has 0 unspecified atom stereocenters. The predicted molar refractivity (Wildman–Crippen MR) is 70.3 cm³/mol. The molecule has 2 nitrogen and oxygen atoms in total. The lowest BCUT2D eigenvalue weighted by atomic mass is 10.1. The van der Waals surface area contributed by atoms with E-state index in [1.807, 2.05) is 0 Å². The standard InChI is InChI=1S/C13H10ClFO2S/c1-17-10-6-13(18-7-10)12(16)5-8-4-9(14)2-3-11(8)15/h2-4,6-7H,5H2,1H3. The van der Waals surface area contributed by atoms with Gasteiger partial charge in [0.25, 0.3) is 0 Å². The van der Waals surface area contributed by atoms with Gasteiger partial charge in [-0.2, -0.15) is 0 Å². The Hall–Kier alpha value is -1.39. The predicted octanol–water partition coefficient (Wildman–Crippen LogP) is 3.97. The number of thiophene rings is 1. The SMILES string of the molecule is COc1csc(C(=O)Cc2cc(Cl)ccc2F)c1. The third kappa shape index (κ3) is 2.89. The molecule has 18 heavy (non-hydrogen) atoms. The van der Waals surface area contributed by atoms with Gasteiger partial charge in [0.1, 0.15) is 11.6 Å². The summed E-state index contributed by atoms with van der Waals surface area (Å²) in [6.45, 7) is 0. The fourth-order valence-corrected chi connectivity index (χ4v) is 2.50. The molecule has 94 valence electrons. The molecule has 0 aliphatic heterocycles. The molecule has 0 saturated heterocycles. The van der Waals surface area contributed by atoms with Crippen LogP contribution in [-0.2, 0) is 6.42 Å². The summed E-state index contributed by atoms with van der Waals surface area (Å²) in [6, 6.07) is 5.84. The van der Waals surface area contributed by atoms with Crippen LogP contribution in [-0.4, -0.2) is 12.9 Å². The molecule has 2 aromatic rings. The second-order valence-electron chi connectivity index (χ2n) is 3.69. The van der Waals surface area contributed by atoms with Crippen LogP contribution in [0.4, 0.5) is 4.39 Å². The maximum Gasteiger partial charge on any atom is 0.177 e. The molecule has 0 aliphatic carbocycles. The third-order valence-electron chi connectivity index (χ3n) is 2.44. The van der Waals surface area contributed by atoms with Crippen molar-refractivity contribution < 1.29 is 13.9 Å². The van der Waals surface area contributed by atoms with E-state index in [1.54, 1.807) is 11.4 Å². The summed E-state index contributed by atoms with van der Waals surface area (Å²) < 4.78 is 18.5. The van der Waals surface area contributed by atoms with Crippen LogP contribution in [0, 0.1) is 5.82 Å². The van der Waals surface area contributed by atoms with E-state index in [9.17, 15) is 9.18 Å². The van der Waals surface area contributed by atoms with Crippen molar-refractivity contribution in [2.45, 2.75) is 6.42 Å². The molecule has 0 amide bonds. The zero-order chi connectivity index (χ0) is 13.1. The van der Waals surface area contributed by atoms with E-state index in [2.05, 4.69) is 0 Å². The van der Waals surface area contributed by atoms with E-state index < -0.39 is 5.82 Å². The van der Waals surface area contributed by atoms with E-state index in [0.29, 0.717) is 21.2 Å². The third-order valence-corrected chi connectivity index (χ3v) is 3.63. The first kappa shape index (κ1) is 13.1. The molecule has 0 radical (unpaired) electrons. The fraction of sp³-hybridized carbons (Fsp3) is 0.154. The zero-order valence-corrected chi connectivity index (χ0v) is 11.1. The van der Waals surface area contributed by atoms with E-state index in [4.69, 9.17) is 16.3 Å². The highest BCUT2D eigenvalue weighted by atomic mass is 35.5. The van der Waals surface area contributed by atoms with Crippen LogP contribution in [0.15, 0.2) is 29.6 Å². The van der Waals surface area contributed by atoms with Crippen LogP contribution < -0.4 is 4.74 Å². The highest BCUT2D eigenvalue weighted by Gasteiger charge is 2.13. The molecule has 0 aliphatic rings. The van der Waals surface area contributed by atoms with Gasteiger partial charge in [0.2, 0.25) is 0 Å². The highest BCUT2D eigenvalue weighted by Crippen LogP contribution is 2.23. The first-order valence-corrected chi connectivity index (χ1v) is 6.45. The Labute approximate surface area is 113 Å². The van der Waals surface area contributed by atoms with Gasteiger partial charge in [-0.15, -0.1) is 11.3 Å². The summed E-state index contributed by atoms with van der Waals surface area (Å²) in [7, 11) is 1.53. The summed E-state index contributed by atoms with van der Waals surface area (Å²) in [6.07, 6.45) is -0.00391. The van der Waals surface area contributed by atoms with Crippen LogP contribution in [0.5, 0.6) is 5.75 Å². The summed E-state index contributed by atoms with van der Waals surface area (Å²) in [4.78, 5) is 12.5. The Morgan fingerprint density at radius 2 is 2.22 bits per heavy atom. The number of carbonyl (C=O) groups is 1. The average molecular weight is 285 g/mol. The summed E-state index contributed by atoms with van der Waals surface area (Å²) in [5.41, 5.74) is 0.305. The van der Waals surface area contributed by atoms with Gasteiger partial charge in [-0.05, 0) is 23.8 Å². The molecule has 1 aromatic carbocycles. The molecule has 5 heteroatoms. The van der Waals surface area contributed by atoms with Gasteiger partial charge in [-0.3, -0.25) is 4.79 Å². The minimum atomic E-state index is -0.420. The molecule has 0 fully saturated rings. The number of ether oxygens (including phenoxy) is 1.